The number of fused-ring (bicyclic) bond motifs is 8. The Balaban J connectivity index is 1.74. The van der Waals surface area contributed by atoms with Gasteiger partial charge in [-0.2, -0.15) is 0 Å². The molecule has 2 heterocycles. The average molecular weight is 468 g/mol. The van der Waals surface area contributed by atoms with Crippen molar-refractivity contribution in [3.63, 3.8) is 0 Å². The highest BCUT2D eigenvalue weighted by Crippen LogP contribution is 2.46. The van der Waals surface area contributed by atoms with Gasteiger partial charge in [-0.1, -0.05) is 109 Å². The Hall–Kier alpha value is -4.20. The molecule has 35 heavy (non-hydrogen) atoms. The zero-order valence-corrected chi connectivity index (χ0v) is 19.8. The first-order chi connectivity index (χ1) is 17.3. The van der Waals surface area contributed by atoms with E-state index in [4.69, 9.17) is 4.98 Å². The number of benzene rings is 5. The van der Waals surface area contributed by atoms with Crippen LogP contribution in [0.5, 0.6) is 0 Å². The molecule has 3 nitrogen and oxygen atoms in total. The summed E-state index contributed by atoms with van der Waals surface area (Å²) in [7, 11) is -3.18. The van der Waals surface area contributed by atoms with E-state index in [1.807, 2.05) is 103 Å². The molecule has 0 atom stereocenters. The molecular formula is C31H21N2OP. The third kappa shape index (κ3) is 2.86. The van der Waals surface area contributed by atoms with Gasteiger partial charge in [-0.3, -0.25) is 4.40 Å². The molecule has 0 aliphatic heterocycles. The van der Waals surface area contributed by atoms with Crippen LogP contribution < -0.4 is 15.9 Å². The number of imidazole rings is 1. The summed E-state index contributed by atoms with van der Waals surface area (Å²) in [5, 5.41) is 5.64. The van der Waals surface area contributed by atoms with Crippen molar-refractivity contribution in [2.75, 3.05) is 0 Å². The largest absolute Gasteiger partial charge is 0.309 e. The molecule has 7 rings (SSSR count). The standard InChI is InChI=1S/C31H21N2OP/c34-35(22-12-3-1-4-13-22,23-14-5-2-6-15-23)29-21-11-20-28-30(29)24-16-7-8-17-25(24)31-32-26-18-9-10-19-27(26)33(28)31/h1-21H. The van der Waals surface area contributed by atoms with E-state index >= 15 is 4.57 Å². The van der Waals surface area contributed by atoms with Gasteiger partial charge in [0.2, 0.25) is 0 Å². The lowest BCUT2D eigenvalue weighted by molar-refractivity contribution is 0.592. The molecule has 0 aliphatic rings. The number of aromatic nitrogens is 2. The molecule has 7 aromatic rings. The van der Waals surface area contributed by atoms with E-state index in [0.717, 1.165) is 54.3 Å². The fraction of sp³-hybridized carbons (Fsp3) is 0. The van der Waals surface area contributed by atoms with Crippen LogP contribution in [0.4, 0.5) is 0 Å². The van der Waals surface area contributed by atoms with Gasteiger partial charge in [0.05, 0.1) is 16.6 Å². The zero-order valence-electron chi connectivity index (χ0n) is 18.9. The number of rotatable bonds is 3. The van der Waals surface area contributed by atoms with Crippen molar-refractivity contribution in [1.29, 1.82) is 0 Å². The molecule has 2 aromatic heterocycles. The minimum absolute atomic E-state index is 0.832. The van der Waals surface area contributed by atoms with E-state index < -0.39 is 7.14 Å². The van der Waals surface area contributed by atoms with E-state index in [1.165, 1.54) is 0 Å². The summed E-state index contributed by atoms with van der Waals surface area (Å²) in [6.45, 7) is 0. The number of pyridine rings is 1. The van der Waals surface area contributed by atoms with Gasteiger partial charge in [-0.05, 0) is 23.6 Å². The van der Waals surface area contributed by atoms with Crippen LogP contribution in [-0.4, -0.2) is 9.38 Å². The fourth-order valence-corrected chi connectivity index (χ4v) is 8.19. The molecule has 5 aromatic carbocycles. The van der Waals surface area contributed by atoms with E-state index in [1.54, 1.807) is 0 Å². The normalized spacial score (nSPS) is 12.1. The Bertz CT molecular complexity index is 1880. The maximum atomic E-state index is 15.4. The van der Waals surface area contributed by atoms with Crippen LogP contribution in [0.3, 0.4) is 0 Å². The molecule has 0 bridgehead atoms. The van der Waals surface area contributed by atoms with Crippen molar-refractivity contribution < 1.29 is 4.57 Å². The van der Waals surface area contributed by atoms with Gasteiger partial charge in [0.25, 0.3) is 0 Å². The monoisotopic (exact) mass is 468 g/mol. The van der Waals surface area contributed by atoms with Crippen molar-refractivity contribution >= 4 is 61.4 Å². The van der Waals surface area contributed by atoms with Crippen LogP contribution in [0.1, 0.15) is 0 Å². The van der Waals surface area contributed by atoms with Crippen LogP contribution in [0.2, 0.25) is 0 Å². The van der Waals surface area contributed by atoms with Gasteiger partial charge in [0, 0.05) is 26.7 Å². The summed E-state index contributed by atoms with van der Waals surface area (Å²) < 4.78 is 17.6. The fourth-order valence-electron chi connectivity index (χ4n) is 5.30. The molecule has 0 aliphatic carbocycles. The Morgan fingerprint density at radius 3 is 1.83 bits per heavy atom. The highest BCUT2D eigenvalue weighted by Gasteiger charge is 2.32. The molecule has 166 valence electrons. The predicted octanol–water partition coefficient (Wildman–Crippen LogP) is 6.43. The molecule has 0 amide bonds. The lowest BCUT2D eigenvalue weighted by Crippen LogP contribution is -2.25. The van der Waals surface area contributed by atoms with Gasteiger partial charge in [-0.15, -0.1) is 0 Å². The molecular weight excluding hydrogens is 447 g/mol. The second-order valence-corrected chi connectivity index (χ2v) is 11.5. The summed E-state index contributed by atoms with van der Waals surface area (Å²) >= 11 is 0. The number of hydrogen-bond donors (Lipinski definition) is 0. The number of nitrogens with zero attached hydrogens (tertiary/aromatic N) is 2. The Labute approximate surface area is 202 Å². The van der Waals surface area contributed by atoms with E-state index in [2.05, 4.69) is 28.7 Å². The summed E-state index contributed by atoms with van der Waals surface area (Å²) in [6, 6.07) is 42.5. The molecule has 0 spiro atoms. The molecule has 0 radical (unpaired) electrons. The third-order valence-electron chi connectivity index (χ3n) is 6.84. The van der Waals surface area contributed by atoms with Crippen LogP contribution in [0.15, 0.2) is 127 Å². The first-order valence-corrected chi connectivity index (χ1v) is 13.4. The average Bonchev–Trinajstić information content (AvgIpc) is 3.33. The van der Waals surface area contributed by atoms with Crippen molar-refractivity contribution in [3.05, 3.63) is 127 Å². The summed E-state index contributed by atoms with van der Waals surface area (Å²) in [5.74, 6) is 0. The van der Waals surface area contributed by atoms with Crippen LogP contribution in [-0.2, 0) is 4.57 Å². The maximum Gasteiger partial charge on any atom is 0.171 e. The highest BCUT2D eigenvalue weighted by atomic mass is 31.2. The first kappa shape index (κ1) is 20.2. The Morgan fingerprint density at radius 1 is 0.543 bits per heavy atom. The minimum Gasteiger partial charge on any atom is -0.309 e. The van der Waals surface area contributed by atoms with Crippen molar-refractivity contribution in [2.45, 2.75) is 0 Å². The van der Waals surface area contributed by atoms with Gasteiger partial charge >= 0.3 is 0 Å². The molecule has 0 saturated carbocycles. The molecule has 0 unspecified atom stereocenters. The van der Waals surface area contributed by atoms with Crippen molar-refractivity contribution in [2.24, 2.45) is 0 Å². The van der Waals surface area contributed by atoms with Gasteiger partial charge < -0.3 is 4.57 Å². The SMILES string of the molecule is O=P(c1ccccc1)(c1ccccc1)c1cccc2c1c1ccccc1c1nc3ccccc3n21. The summed E-state index contributed by atoms with van der Waals surface area (Å²) in [5.41, 5.74) is 3.92. The predicted molar refractivity (Wildman–Crippen MR) is 147 cm³/mol. The van der Waals surface area contributed by atoms with Crippen LogP contribution in [0, 0.1) is 0 Å². The lowest BCUT2D eigenvalue weighted by atomic mass is 10.1. The summed E-state index contributed by atoms with van der Waals surface area (Å²) in [6.07, 6.45) is 0. The van der Waals surface area contributed by atoms with Crippen molar-refractivity contribution in [3.8, 4) is 0 Å². The lowest BCUT2D eigenvalue weighted by Gasteiger charge is -2.23. The maximum absolute atomic E-state index is 15.4. The van der Waals surface area contributed by atoms with Gasteiger partial charge in [0.1, 0.15) is 5.65 Å². The third-order valence-corrected chi connectivity index (χ3v) is 9.94. The van der Waals surface area contributed by atoms with Crippen LogP contribution >= 0.6 is 7.14 Å². The first-order valence-electron chi connectivity index (χ1n) is 11.7. The second kappa shape index (κ2) is 7.66. The zero-order chi connectivity index (χ0) is 23.4. The second-order valence-electron chi connectivity index (χ2n) is 8.76. The highest BCUT2D eigenvalue weighted by molar-refractivity contribution is 7.85. The minimum atomic E-state index is -3.18. The Morgan fingerprint density at radius 2 is 1.11 bits per heavy atom. The smallest absolute Gasteiger partial charge is 0.171 e. The number of para-hydroxylation sites is 2. The van der Waals surface area contributed by atoms with Crippen molar-refractivity contribution in [1.82, 2.24) is 9.38 Å². The molecule has 0 N–H and O–H groups in total. The molecule has 0 saturated heterocycles. The summed E-state index contributed by atoms with van der Waals surface area (Å²) in [4.78, 5) is 5.00. The topological polar surface area (TPSA) is 34.4 Å². The quantitative estimate of drug-likeness (QED) is 0.221. The van der Waals surface area contributed by atoms with Gasteiger partial charge in [0.15, 0.2) is 7.14 Å². The van der Waals surface area contributed by atoms with Crippen LogP contribution in [0.25, 0.3) is 38.4 Å². The van der Waals surface area contributed by atoms with E-state index in [-0.39, 0.29) is 0 Å². The van der Waals surface area contributed by atoms with E-state index in [0.29, 0.717) is 0 Å². The van der Waals surface area contributed by atoms with Gasteiger partial charge in [-0.25, -0.2) is 4.98 Å². The van der Waals surface area contributed by atoms with E-state index in [9.17, 15) is 0 Å². The molecule has 4 heteroatoms. The Kier molecular flexibility index (Phi) is 4.42. The number of hydrogen-bond acceptors (Lipinski definition) is 2. The molecule has 0 fully saturated rings.